The van der Waals surface area contributed by atoms with Gasteiger partial charge in [-0.1, -0.05) is 42.5 Å². The van der Waals surface area contributed by atoms with Gasteiger partial charge in [0.1, 0.15) is 18.4 Å². The van der Waals surface area contributed by atoms with Crippen molar-refractivity contribution in [1.82, 2.24) is 5.32 Å². The number of amides is 1. The second-order valence-electron chi connectivity index (χ2n) is 5.36. The van der Waals surface area contributed by atoms with E-state index in [1.807, 2.05) is 54.6 Å². The molecule has 0 aromatic heterocycles. The summed E-state index contributed by atoms with van der Waals surface area (Å²) in [6.45, 7) is 0.528. The van der Waals surface area contributed by atoms with E-state index in [4.69, 9.17) is 4.74 Å². The van der Waals surface area contributed by atoms with Gasteiger partial charge in [-0.3, -0.25) is 0 Å². The van der Waals surface area contributed by atoms with Gasteiger partial charge in [0.15, 0.2) is 0 Å². The number of hydrogen-bond donors (Lipinski definition) is 1. The van der Waals surface area contributed by atoms with Crippen LogP contribution in [0.1, 0.15) is 17.5 Å². The van der Waals surface area contributed by atoms with Crippen LogP contribution in [0, 0.1) is 0 Å². The Morgan fingerprint density at radius 3 is 2.35 bits per heavy atom. The van der Waals surface area contributed by atoms with Crippen molar-refractivity contribution in [2.75, 3.05) is 0 Å². The molecule has 1 fully saturated rings. The minimum absolute atomic E-state index is 0.502. The molecule has 23 heavy (non-hydrogen) atoms. The van der Waals surface area contributed by atoms with Gasteiger partial charge in [-0.15, -0.1) is 0 Å². The number of aryl methyl sites for hydroxylation is 1. The van der Waals surface area contributed by atoms with E-state index in [0.717, 1.165) is 16.9 Å². The highest BCUT2D eigenvalue weighted by Crippen LogP contribution is 2.16. The molecular formula is C18H17NO4. The average Bonchev–Trinajstić information content (AvgIpc) is 2.90. The van der Waals surface area contributed by atoms with Crippen LogP contribution < -0.4 is 10.1 Å². The first kappa shape index (κ1) is 15.1. The van der Waals surface area contributed by atoms with Gasteiger partial charge in [0.25, 0.3) is 0 Å². The molecule has 1 N–H and O–H groups in total. The van der Waals surface area contributed by atoms with Crippen LogP contribution in [0.25, 0.3) is 0 Å². The summed E-state index contributed by atoms with van der Waals surface area (Å²) < 4.78 is 10.2. The summed E-state index contributed by atoms with van der Waals surface area (Å²) in [6, 6.07) is 17.2. The van der Waals surface area contributed by atoms with Crippen LogP contribution in [0.5, 0.6) is 5.75 Å². The largest absolute Gasteiger partial charge is 0.489 e. The SMILES string of the molecule is O=C1NC(CCc2ccc(OCc3ccccc3)cc2)C(=O)O1. The molecule has 0 radical (unpaired) electrons. The highest BCUT2D eigenvalue weighted by atomic mass is 16.6. The van der Waals surface area contributed by atoms with E-state index < -0.39 is 18.1 Å². The Morgan fingerprint density at radius 1 is 0.957 bits per heavy atom. The van der Waals surface area contributed by atoms with Crippen molar-refractivity contribution >= 4 is 12.1 Å². The molecule has 5 nitrogen and oxygen atoms in total. The van der Waals surface area contributed by atoms with Crippen molar-refractivity contribution in [2.24, 2.45) is 0 Å². The predicted octanol–water partition coefficient (Wildman–Crippen LogP) is 2.83. The normalized spacial score (nSPS) is 16.8. The number of carbonyl (C=O) groups is 2. The van der Waals surface area contributed by atoms with Crippen molar-refractivity contribution in [3.05, 3.63) is 65.7 Å². The summed E-state index contributed by atoms with van der Waals surface area (Å²) in [4.78, 5) is 22.3. The number of nitrogens with one attached hydrogen (secondary N) is 1. The topological polar surface area (TPSA) is 64.6 Å². The second-order valence-corrected chi connectivity index (χ2v) is 5.36. The Balaban J connectivity index is 1.49. The van der Waals surface area contributed by atoms with Gasteiger partial charge in [-0.05, 0) is 36.1 Å². The lowest BCUT2D eigenvalue weighted by Gasteiger charge is -2.08. The molecule has 2 aromatic rings. The molecule has 1 unspecified atom stereocenters. The summed E-state index contributed by atoms with van der Waals surface area (Å²) in [5, 5.41) is 2.49. The van der Waals surface area contributed by atoms with Crippen molar-refractivity contribution in [3.8, 4) is 5.75 Å². The molecule has 1 aliphatic heterocycles. The molecule has 1 saturated heterocycles. The van der Waals surface area contributed by atoms with Crippen LogP contribution in [0.3, 0.4) is 0 Å². The number of rotatable bonds is 6. The van der Waals surface area contributed by atoms with E-state index in [2.05, 4.69) is 10.1 Å². The van der Waals surface area contributed by atoms with Crippen LogP contribution in [-0.4, -0.2) is 18.1 Å². The Bertz CT molecular complexity index is 682. The van der Waals surface area contributed by atoms with Crippen LogP contribution in [-0.2, 0) is 22.6 Å². The maximum Gasteiger partial charge on any atom is 0.415 e. The number of ether oxygens (including phenoxy) is 2. The summed E-state index contributed by atoms with van der Waals surface area (Å²) >= 11 is 0. The monoisotopic (exact) mass is 311 g/mol. The molecule has 0 saturated carbocycles. The third kappa shape index (κ3) is 4.10. The molecule has 0 bridgehead atoms. The molecule has 1 aliphatic rings. The van der Waals surface area contributed by atoms with E-state index in [1.54, 1.807) is 0 Å². The molecule has 1 amide bonds. The maximum absolute atomic E-state index is 11.4. The first-order chi connectivity index (χ1) is 11.2. The molecule has 1 atom stereocenters. The molecular weight excluding hydrogens is 294 g/mol. The Labute approximate surface area is 134 Å². The lowest BCUT2D eigenvalue weighted by molar-refractivity contribution is -0.135. The fourth-order valence-corrected chi connectivity index (χ4v) is 2.39. The van der Waals surface area contributed by atoms with Crippen LogP contribution in [0.4, 0.5) is 4.79 Å². The number of cyclic esters (lactones) is 2. The summed E-state index contributed by atoms with van der Waals surface area (Å²) in [6.07, 6.45) is 0.540. The van der Waals surface area contributed by atoms with E-state index in [-0.39, 0.29) is 0 Å². The van der Waals surface area contributed by atoms with E-state index in [9.17, 15) is 9.59 Å². The third-order valence-electron chi connectivity index (χ3n) is 3.66. The highest BCUT2D eigenvalue weighted by molar-refractivity contribution is 5.95. The van der Waals surface area contributed by atoms with Crippen molar-refractivity contribution in [2.45, 2.75) is 25.5 Å². The van der Waals surface area contributed by atoms with Gasteiger partial charge >= 0.3 is 12.1 Å². The fraction of sp³-hybridized carbons (Fsp3) is 0.222. The smallest absolute Gasteiger partial charge is 0.415 e. The zero-order valence-electron chi connectivity index (χ0n) is 12.5. The Morgan fingerprint density at radius 2 is 1.70 bits per heavy atom. The van der Waals surface area contributed by atoms with E-state index >= 15 is 0 Å². The van der Waals surface area contributed by atoms with Crippen molar-refractivity contribution < 1.29 is 19.1 Å². The highest BCUT2D eigenvalue weighted by Gasteiger charge is 2.31. The first-order valence-electron chi connectivity index (χ1n) is 7.48. The molecule has 0 aliphatic carbocycles. The quantitative estimate of drug-likeness (QED) is 0.658. The average molecular weight is 311 g/mol. The summed E-state index contributed by atoms with van der Waals surface area (Å²) in [7, 11) is 0. The number of carbonyl (C=O) groups excluding carboxylic acids is 2. The standard InChI is InChI=1S/C18H17NO4/c20-17-16(19-18(21)23-17)11-8-13-6-9-15(10-7-13)22-12-14-4-2-1-3-5-14/h1-7,9-10,16H,8,11-12H2,(H,19,21). The van der Waals surface area contributed by atoms with Gasteiger partial charge in [-0.25, -0.2) is 9.59 Å². The Hall–Kier alpha value is -2.82. The second kappa shape index (κ2) is 6.96. The van der Waals surface area contributed by atoms with Gasteiger partial charge in [0, 0.05) is 0 Å². The van der Waals surface area contributed by atoms with Gasteiger partial charge in [-0.2, -0.15) is 0 Å². The van der Waals surface area contributed by atoms with Crippen LogP contribution in [0.15, 0.2) is 54.6 Å². The van der Waals surface area contributed by atoms with Crippen molar-refractivity contribution in [3.63, 3.8) is 0 Å². The lowest BCUT2D eigenvalue weighted by atomic mass is 10.1. The summed E-state index contributed by atoms with van der Waals surface area (Å²) in [5.41, 5.74) is 2.19. The van der Waals surface area contributed by atoms with Crippen LogP contribution >= 0.6 is 0 Å². The Kier molecular flexibility index (Phi) is 4.57. The zero-order chi connectivity index (χ0) is 16.1. The van der Waals surface area contributed by atoms with Gasteiger partial charge in [0.05, 0.1) is 0 Å². The molecule has 3 rings (SSSR count). The molecule has 0 spiro atoms. The minimum atomic E-state index is -0.662. The van der Waals surface area contributed by atoms with E-state index in [0.29, 0.717) is 19.4 Å². The zero-order valence-corrected chi connectivity index (χ0v) is 12.5. The van der Waals surface area contributed by atoms with Gasteiger partial charge in [0.2, 0.25) is 0 Å². The molecule has 5 heteroatoms. The maximum atomic E-state index is 11.4. The molecule has 1 heterocycles. The predicted molar refractivity (Wildman–Crippen MR) is 83.9 cm³/mol. The van der Waals surface area contributed by atoms with Crippen LogP contribution in [0.2, 0.25) is 0 Å². The number of esters is 1. The fourth-order valence-electron chi connectivity index (χ4n) is 2.39. The van der Waals surface area contributed by atoms with E-state index in [1.165, 1.54) is 0 Å². The minimum Gasteiger partial charge on any atom is -0.489 e. The molecule has 2 aromatic carbocycles. The third-order valence-corrected chi connectivity index (χ3v) is 3.66. The summed E-state index contributed by atoms with van der Waals surface area (Å²) in [5.74, 6) is 0.295. The van der Waals surface area contributed by atoms with Gasteiger partial charge < -0.3 is 14.8 Å². The first-order valence-corrected chi connectivity index (χ1v) is 7.48. The number of alkyl carbamates (subject to hydrolysis) is 1. The lowest BCUT2D eigenvalue weighted by Crippen LogP contribution is -2.29. The number of benzene rings is 2. The number of hydrogen-bond acceptors (Lipinski definition) is 4. The van der Waals surface area contributed by atoms with Crippen molar-refractivity contribution in [1.29, 1.82) is 0 Å². The molecule has 118 valence electrons.